The summed E-state index contributed by atoms with van der Waals surface area (Å²) in [6, 6.07) is 13.6. The molecular formula is C25H26N2O7. The van der Waals surface area contributed by atoms with Gasteiger partial charge in [-0.3, -0.25) is 14.4 Å². The highest BCUT2D eigenvalue weighted by atomic mass is 16.5. The summed E-state index contributed by atoms with van der Waals surface area (Å²) < 4.78 is 10.8. The van der Waals surface area contributed by atoms with Crippen molar-refractivity contribution in [2.75, 3.05) is 7.11 Å². The number of hydrogen-bond acceptors (Lipinski definition) is 7. The molecule has 0 saturated carbocycles. The number of carbonyl (C=O) groups excluding carboxylic acids is 2. The van der Waals surface area contributed by atoms with Gasteiger partial charge in [0.15, 0.2) is 17.3 Å². The van der Waals surface area contributed by atoms with Gasteiger partial charge in [0.1, 0.15) is 11.8 Å². The average molecular weight is 466 g/mol. The average Bonchev–Trinajstić information content (AvgIpc) is 2.80. The highest BCUT2D eigenvalue weighted by Gasteiger charge is 2.28. The van der Waals surface area contributed by atoms with Gasteiger partial charge < -0.3 is 30.4 Å². The van der Waals surface area contributed by atoms with Gasteiger partial charge in [-0.2, -0.15) is 0 Å². The lowest BCUT2D eigenvalue weighted by Gasteiger charge is -2.21. The number of nitrogens with two attached hydrogens (primary N) is 1. The van der Waals surface area contributed by atoms with Gasteiger partial charge in [0.2, 0.25) is 23.0 Å². The molecule has 0 bridgehead atoms. The number of primary amides is 1. The molecule has 0 aliphatic rings. The van der Waals surface area contributed by atoms with Gasteiger partial charge in [-0.15, -0.1) is 0 Å². The molecule has 0 fully saturated rings. The predicted molar refractivity (Wildman–Crippen MR) is 124 cm³/mol. The van der Waals surface area contributed by atoms with E-state index in [-0.39, 0.29) is 35.9 Å². The van der Waals surface area contributed by atoms with Gasteiger partial charge in [0, 0.05) is 18.9 Å². The minimum atomic E-state index is -0.969. The van der Waals surface area contributed by atoms with Crippen LogP contribution in [0.5, 0.6) is 17.2 Å². The van der Waals surface area contributed by atoms with Gasteiger partial charge in [0.25, 0.3) is 0 Å². The molecule has 9 nitrogen and oxygen atoms in total. The molecule has 1 aromatic heterocycles. The summed E-state index contributed by atoms with van der Waals surface area (Å²) in [5.41, 5.74) is 6.10. The Morgan fingerprint density at radius 3 is 2.47 bits per heavy atom. The van der Waals surface area contributed by atoms with Gasteiger partial charge in [-0.1, -0.05) is 36.4 Å². The number of amides is 2. The molecule has 0 unspecified atom stereocenters. The van der Waals surface area contributed by atoms with E-state index in [1.807, 2.05) is 30.3 Å². The lowest BCUT2D eigenvalue weighted by Crippen LogP contribution is -2.46. The van der Waals surface area contributed by atoms with Crippen molar-refractivity contribution >= 4 is 11.8 Å². The Labute approximate surface area is 195 Å². The van der Waals surface area contributed by atoms with Crippen LogP contribution in [-0.4, -0.2) is 35.2 Å². The molecule has 0 saturated heterocycles. The number of aromatic hydroxyl groups is 2. The number of benzene rings is 2. The maximum Gasteiger partial charge on any atom is 0.240 e. The minimum Gasteiger partial charge on any atom is -0.504 e. The molecule has 2 aromatic carbocycles. The van der Waals surface area contributed by atoms with Gasteiger partial charge in [-0.05, 0) is 30.2 Å². The lowest BCUT2D eigenvalue weighted by molar-refractivity contribution is -0.127. The Hall–Kier alpha value is -4.27. The Morgan fingerprint density at radius 2 is 1.82 bits per heavy atom. The third kappa shape index (κ3) is 5.74. The molecule has 9 heteroatoms. The maximum absolute atomic E-state index is 13.0. The largest absolute Gasteiger partial charge is 0.504 e. The molecule has 3 rings (SSSR count). The number of hydrogen-bond donors (Lipinski definition) is 4. The van der Waals surface area contributed by atoms with E-state index in [0.29, 0.717) is 5.56 Å². The van der Waals surface area contributed by atoms with Crippen LogP contribution in [-0.2, 0) is 16.0 Å². The first-order chi connectivity index (χ1) is 16.2. The van der Waals surface area contributed by atoms with Crippen LogP contribution < -0.4 is 21.2 Å². The quantitative estimate of drug-likeness (QED) is 0.377. The zero-order valence-corrected chi connectivity index (χ0v) is 18.8. The van der Waals surface area contributed by atoms with E-state index in [2.05, 4.69) is 5.32 Å². The smallest absolute Gasteiger partial charge is 0.240 e. The van der Waals surface area contributed by atoms with Crippen molar-refractivity contribution in [1.29, 1.82) is 0 Å². The van der Waals surface area contributed by atoms with Crippen molar-refractivity contribution in [3.05, 3.63) is 87.5 Å². The molecule has 178 valence electrons. The molecule has 0 aliphatic carbocycles. The number of methoxy groups -OCH3 is 1. The SMILES string of the molecule is COc1cc([C@H](CC(=O)N[C@@H](Cc2ccccc2)C(N)=O)c2oc(C)cc(=O)c2O)ccc1O. The number of carbonyl (C=O) groups is 2. The molecule has 0 radical (unpaired) electrons. The normalized spacial score (nSPS) is 12.5. The number of nitrogens with one attached hydrogen (secondary N) is 1. The Bertz CT molecular complexity index is 1240. The van der Waals surface area contributed by atoms with E-state index in [1.165, 1.54) is 25.3 Å². The Morgan fingerprint density at radius 1 is 1.12 bits per heavy atom. The van der Waals surface area contributed by atoms with Crippen molar-refractivity contribution < 1.29 is 29.0 Å². The fraction of sp³-hybridized carbons (Fsp3) is 0.240. The molecular weight excluding hydrogens is 440 g/mol. The number of aryl methyl sites for hydroxylation is 1. The predicted octanol–water partition coefficient (Wildman–Crippen LogP) is 2.10. The van der Waals surface area contributed by atoms with Crippen LogP contribution in [0.4, 0.5) is 0 Å². The minimum absolute atomic E-state index is 0.119. The fourth-order valence-electron chi connectivity index (χ4n) is 3.65. The van der Waals surface area contributed by atoms with Crippen LogP contribution in [0.15, 0.2) is 63.8 Å². The molecule has 2 amide bonds. The third-order valence-corrected chi connectivity index (χ3v) is 5.35. The van der Waals surface area contributed by atoms with Crippen molar-refractivity contribution in [3.63, 3.8) is 0 Å². The van der Waals surface area contributed by atoms with E-state index in [9.17, 15) is 24.6 Å². The first-order valence-electron chi connectivity index (χ1n) is 10.5. The Kier molecular flexibility index (Phi) is 7.57. The van der Waals surface area contributed by atoms with Crippen LogP contribution in [0, 0.1) is 6.92 Å². The fourth-order valence-corrected chi connectivity index (χ4v) is 3.65. The van der Waals surface area contributed by atoms with Crippen LogP contribution in [0.25, 0.3) is 0 Å². The van der Waals surface area contributed by atoms with E-state index >= 15 is 0 Å². The zero-order valence-electron chi connectivity index (χ0n) is 18.8. The summed E-state index contributed by atoms with van der Waals surface area (Å²) in [6.45, 7) is 1.54. The molecule has 3 aromatic rings. The highest BCUT2D eigenvalue weighted by Crippen LogP contribution is 2.37. The van der Waals surface area contributed by atoms with Crippen molar-refractivity contribution in [1.82, 2.24) is 5.32 Å². The zero-order chi connectivity index (χ0) is 24.8. The highest BCUT2D eigenvalue weighted by molar-refractivity contribution is 5.87. The van der Waals surface area contributed by atoms with Crippen molar-refractivity contribution in [2.24, 2.45) is 5.73 Å². The molecule has 5 N–H and O–H groups in total. The molecule has 0 aliphatic heterocycles. The first kappa shape index (κ1) is 24.4. The lowest BCUT2D eigenvalue weighted by atomic mass is 9.91. The maximum atomic E-state index is 13.0. The number of phenols is 1. The van der Waals surface area contributed by atoms with Crippen LogP contribution in [0.2, 0.25) is 0 Å². The van der Waals surface area contributed by atoms with E-state index in [0.717, 1.165) is 11.6 Å². The second-order valence-electron chi connectivity index (χ2n) is 7.83. The summed E-state index contributed by atoms with van der Waals surface area (Å²) in [5.74, 6) is -2.68. The summed E-state index contributed by atoms with van der Waals surface area (Å²) in [6.07, 6.45) is -0.0865. The van der Waals surface area contributed by atoms with Gasteiger partial charge in [0.05, 0.1) is 13.0 Å². The molecule has 0 spiro atoms. The van der Waals surface area contributed by atoms with Crippen LogP contribution in [0.1, 0.15) is 35.0 Å². The third-order valence-electron chi connectivity index (χ3n) is 5.35. The first-order valence-corrected chi connectivity index (χ1v) is 10.5. The van der Waals surface area contributed by atoms with Gasteiger partial charge >= 0.3 is 0 Å². The van der Waals surface area contributed by atoms with Crippen molar-refractivity contribution in [2.45, 2.75) is 31.7 Å². The summed E-state index contributed by atoms with van der Waals surface area (Å²) in [5, 5.41) is 23.0. The summed E-state index contributed by atoms with van der Waals surface area (Å²) in [4.78, 5) is 37.2. The van der Waals surface area contributed by atoms with Gasteiger partial charge in [-0.25, -0.2) is 0 Å². The van der Waals surface area contributed by atoms with E-state index in [4.69, 9.17) is 14.9 Å². The van der Waals surface area contributed by atoms with E-state index in [1.54, 1.807) is 6.92 Å². The second-order valence-corrected chi connectivity index (χ2v) is 7.83. The van der Waals surface area contributed by atoms with Crippen LogP contribution >= 0.6 is 0 Å². The topological polar surface area (TPSA) is 152 Å². The van der Waals surface area contributed by atoms with Crippen LogP contribution in [0.3, 0.4) is 0 Å². The standard InChI is InChI=1S/C25H26N2O7/c1-14-10-20(29)23(31)24(34-14)17(16-8-9-19(28)21(12-16)33-2)13-22(30)27-18(25(26)32)11-15-6-4-3-5-7-15/h3-10,12,17-18,28,31H,11,13H2,1-2H3,(H2,26,32)(H,27,30)/t17-,18-/m0/s1. The van der Waals surface area contributed by atoms with Crippen molar-refractivity contribution in [3.8, 4) is 17.2 Å². The monoisotopic (exact) mass is 466 g/mol. The van der Waals surface area contributed by atoms with E-state index < -0.39 is 35.0 Å². The number of phenolic OH excluding ortho intramolecular Hbond substituents is 1. The molecule has 34 heavy (non-hydrogen) atoms. The second kappa shape index (κ2) is 10.6. The molecule has 2 atom stereocenters. The Balaban J connectivity index is 1.94. The number of ether oxygens (including phenoxy) is 1. The summed E-state index contributed by atoms with van der Waals surface area (Å²) >= 11 is 0. The molecule has 1 heterocycles. The number of rotatable bonds is 9. The summed E-state index contributed by atoms with van der Waals surface area (Å²) in [7, 11) is 1.37.